The SMILES string of the molecule is CC(=O)O[C@@]12CO[C@@H]1C[C@H](O)[C@@]1(C)C(=O)[C@H](O)C3=C(C)[C@@H](OC(=O)[C@H](O)[C@@H](NC(=O)CC(C)(C)C)C(C)(C)C)C[C@@](O)([C@@H](OC(=O)c4ccccc4)[C@H]21)C3(C)C. The number of nitrogens with one attached hydrogen (secondary N) is 1. The summed E-state index contributed by atoms with van der Waals surface area (Å²) >= 11 is 0. The average molecular weight is 786 g/mol. The van der Waals surface area contributed by atoms with Gasteiger partial charge in [-0.3, -0.25) is 14.4 Å². The van der Waals surface area contributed by atoms with Crippen molar-refractivity contribution in [2.24, 2.45) is 27.6 Å². The maximum Gasteiger partial charge on any atom is 0.338 e. The molecule has 2 saturated carbocycles. The Hall–Kier alpha value is -3.69. The molecule has 4 aliphatic rings. The molecule has 310 valence electrons. The molecule has 5 rings (SSSR count). The van der Waals surface area contributed by atoms with E-state index in [1.165, 1.54) is 26.0 Å². The highest BCUT2D eigenvalue weighted by molar-refractivity contribution is 5.94. The second kappa shape index (κ2) is 14.6. The summed E-state index contributed by atoms with van der Waals surface area (Å²) in [5.74, 6) is -5.58. The van der Waals surface area contributed by atoms with E-state index < -0.39 is 106 Å². The first-order valence-electron chi connectivity index (χ1n) is 19.2. The summed E-state index contributed by atoms with van der Waals surface area (Å²) in [5.41, 5.74) is -8.57. The summed E-state index contributed by atoms with van der Waals surface area (Å²) in [7, 11) is 0. The van der Waals surface area contributed by atoms with Gasteiger partial charge in [0.15, 0.2) is 17.5 Å². The normalized spacial score (nSPS) is 34.9. The predicted octanol–water partition coefficient (Wildman–Crippen LogP) is 2.96. The number of fused-ring (bicyclic) bond motifs is 5. The minimum absolute atomic E-state index is 0.0319. The molecule has 11 atom stereocenters. The topological polar surface area (TPSA) is 215 Å². The molecule has 3 fully saturated rings. The van der Waals surface area contributed by atoms with Crippen LogP contribution in [0.1, 0.15) is 106 Å². The van der Waals surface area contributed by atoms with Crippen molar-refractivity contribution in [1.82, 2.24) is 5.32 Å². The minimum atomic E-state index is -2.31. The van der Waals surface area contributed by atoms with E-state index in [4.69, 9.17) is 18.9 Å². The summed E-state index contributed by atoms with van der Waals surface area (Å²) < 4.78 is 24.1. The van der Waals surface area contributed by atoms with Crippen LogP contribution in [0.3, 0.4) is 0 Å². The lowest BCUT2D eigenvalue weighted by Crippen LogP contribution is -2.81. The van der Waals surface area contributed by atoms with Crippen LogP contribution in [0, 0.1) is 27.6 Å². The van der Waals surface area contributed by atoms with Crippen LogP contribution in [0.5, 0.6) is 0 Å². The predicted molar refractivity (Wildman–Crippen MR) is 201 cm³/mol. The van der Waals surface area contributed by atoms with E-state index in [1.54, 1.807) is 52.8 Å². The molecule has 56 heavy (non-hydrogen) atoms. The van der Waals surface area contributed by atoms with Gasteiger partial charge in [-0.25, -0.2) is 9.59 Å². The van der Waals surface area contributed by atoms with Gasteiger partial charge in [0.25, 0.3) is 0 Å². The molecule has 1 aromatic rings. The lowest BCUT2D eigenvalue weighted by molar-refractivity contribution is -0.346. The first-order chi connectivity index (χ1) is 25.6. The number of amides is 1. The van der Waals surface area contributed by atoms with Gasteiger partial charge in [-0.1, -0.05) is 73.6 Å². The molecule has 1 saturated heterocycles. The molecule has 1 heterocycles. The van der Waals surface area contributed by atoms with E-state index in [2.05, 4.69) is 5.32 Å². The fourth-order valence-electron chi connectivity index (χ4n) is 9.60. The standard InChI is InChI=1S/C42H59NO13/c1-21-24(54-36(51)30(48)32(38(6,7)8)43-27(46)19-37(3,4)5)18-42(52)34(55-35(50)23-15-13-12-14-16-23)31-40(11,33(49)29(47)28(21)39(42,9)10)25(45)17-26-41(31,20-53-26)56-22(2)44/h12-16,24-26,29-32,34,45,47-48,52H,17-20H2,1-11H3,(H,43,46)/t24-,25-,26+,29+,30+,31-,32+,34-,40+,41-,42+/m0/s1. The van der Waals surface area contributed by atoms with Crippen LogP contribution in [0.4, 0.5) is 0 Å². The third kappa shape index (κ3) is 7.20. The number of ketones is 1. The lowest BCUT2D eigenvalue weighted by atomic mass is 9.44. The summed E-state index contributed by atoms with van der Waals surface area (Å²) in [6, 6.07) is 6.80. The number of benzene rings is 1. The summed E-state index contributed by atoms with van der Waals surface area (Å²) in [4.78, 5) is 68.8. The van der Waals surface area contributed by atoms with Gasteiger partial charge >= 0.3 is 17.9 Å². The molecule has 14 nitrogen and oxygen atoms in total. The van der Waals surface area contributed by atoms with Crippen LogP contribution in [-0.4, -0.2) is 110 Å². The van der Waals surface area contributed by atoms with E-state index in [0.29, 0.717) is 0 Å². The molecule has 1 aromatic carbocycles. The fourth-order valence-corrected chi connectivity index (χ4v) is 9.60. The molecule has 5 N–H and O–H groups in total. The third-order valence-electron chi connectivity index (χ3n) is 12.7. The van der Waals surface area contributed by atoms with E-state index in [1.807, 2.05) is 20.8 Å². The second-order valence-corrected chi connectivity index (χ2v) is 19.2. The minimum Gasteiger partial charge on any atom is -0.456 e. The van der Waals surface area contributed by atoms with Crippen LogP contribution in [0.2, 0.25) is 0 Å². The van der Waals surface area contributed by atoms with E-state index in [9.17, 15) is 44.4 Å². The maximum absolute atomic E-state index is 14.9. The third-order valence-corrected chi connectivity index (χ3v) is 12.7. The van der Waals surface area contributed by atoms with Gasteiger partial charge in [-0.2, -0.15) is 0 Å². The number of Topliss-reactive ketones (excluding diaryl/α,β-unsaturated/α-hetero) is 1. The smallest absolute Gasteiger partial charge is 0.338 e. The maximum atomic E-state index is 14.9. The number of rotatable bonds is 8. The zero-order chi connectivity index (χ0) is 42.1. The van der Waals surface area contributed by atoms with Crippen molar-refractivity contribution in [3.8, 4) is 0 Å². The van der Waals surface area contributed by atoms with Crippen LogP contribution in [0.15, 0.2) is 41.5 Å². The number of esters is 3. The number of ether oxygens (including phenoxy) is 4. The molecule has 2 bridgehead atoms. The van der Waals surface area contributed by atoms with Crippen LogP contribution in [-0.2, 0) is 38.1 Å². The van der Waals surface area contributed by atoms with E-state index in [0.717, 1.165) is 6.92 Å². The van der Waals surface area contributed by atoms with Crippen molar-refractivity contribution in [1.29, 1.82) is 0 Å². The van der Waals surface area contributed by atoms with Gasteiger partial charge in [0.05, 0.1) is 35.6 Å². The highest BCUT2D eigenvalue weighted by atomic mass is 16.6. The molecular weight excluding hydrogens is 726 g/mol. The number of hydrogen-bond acceptors (Lipinski definition) is 13. The van der Waals surface area contributed by atoms with Gasteiger partial charge in [-0.05, 0) is 48.0 Å². The molecular formula is C42H59NO13. The van der Waals surface area contributed by atoms with Crippen molar-refractivity contribution in [3.05, 3.63) is 47.0 Å². The first kappa shape index (κ1) is 43.4. The highest BCUT2D eigenvalue weighted by Crippen LogP contribution is 2.64. The first-order valence-corrected chi connectivity index (χ1v) is 19.2. The summed E-state index contributed by atoms with van der Waals surface area (Å²) in [6.45, 7) is 17.8. The van der Waals surface area contributed by atoms with Crippen molar-refractivity contribution in [2.45, 2.75) is 149 Å². The van der Waals surface area contributed by atoms with Gasteiger partial charge in [0, 0.05) is 31.6 Å². The van der Waals surface area contributed by atoms with Crippen molar-refractivity contribution < 1.29 is 63.3 Å². The Balaban J connectivity index is 1.67. The van der Waals surface area contributed by atoms with Crippen molar-refractivity contribution >= 4 is 29.6 Å². The Kier molecular flexibility index (Phi) is 11.3. The van der Waals surface area contributed by atoms with Crippen molar-refractivity contribution in [2.75, 3.05) is 6.61 Å². The lowest BCUT2D eigenvalue weighted by Gasteiger charge is -2.67. The second-order valence-electron chi connectivity index (χ2n) is 19.2. The Morgan fingerprint density at radius 3 is 2.12 bits per heavy atom. The summed E-state index contributed by atoms with van der Waals surface area (Å²) in [5, 5.41) is 51.7. The van der Waals surface area contributed by atoms with Gasteiger partial charge < -0.3 is 44.7 Å². The van der Waals surface area contributed by atoms with Crippen LogP contribution in [0.25, 0.3) is 0 Å². The molecule has 1 aliphatic heterocycles. The van der Waals surface area contributed by atoms with Gasteiger partial charge in [-0.15, -0.1) is 0 Å². The van der Waals surface area contributed by atoms with E-state index >= 15 is 0 Å². The highest BCUT2D eigenvalue weighted by Gasteiger charge is 2.78. The van der Waals surface area contributed by atoms with E-state index in [-0.39, 0.29) is 47.5 Å². The van der Waals surface area contributed by atoms with Crippen molar-refractivity contribution in [3.63, 3.8) is 0 Å². The molecule has 0 spiro atoms. The number of carbonyl (C=O) groups is 5. The number of hydrogen-bond donors (Lipinski definition) is 5. The quantitative estimate of drug-likeness (QED) is 0.146. The Morgan fingerprint density at radius 1 is 1.00 bits per heavy atom. The summed E-state index contributed by atoms with van der Waals surface area (Å²) in [6.07, 6.45) is -10.1. The number of aliphatic hydroxyl groups is 4. The largest absolute Gasteiger partial charge is 0.456 e. The Labute approximate surface area is 328 Å². The molecule has 0 radical (unpaired) electrons. The van der Waals surface area contributed by atoms with Crippen LogP contribution < -0.4 is 5.32 Å². The zero-order valence-corrected chi connectivity index (χ0v) is 34.3. The Bertz CT molecular complexity index is 1780. The van der Waals surface area contributed by atoms with Gasteiger partial charge in [0.2, 0.25) is 5.91 Å². The molecule has 14 heteroatoms. The average Bonchev–Trinajstić information content (AvgIpc) is 3.07. The van der Waals surface area contributed by atoms with Gasteiger partial charge in [0.1, 0.15) is 30.0 Å². The monoisotopic (exact) mass is 785 g/mol. The molecule has 3 aliphatic carbocycles. The number of aliphatic hydroxyl groups excluding tert-OH is 3. The molecule has 0 aromatic heterocycles. The Morgan fingerprint density at radius 2 is 1.61 bits per heavy atom. The molecule has 0 unspecified atom stereocenters. The van der Waals surface area contributed by atoms with Crippen LogP contribution >= 0.6 is 0 Å². The molecule has 1 amide bonds. The zero-order valence-electron chi connectivity index (χ0n) is 34.3. The number of carbonyl (C=O) groups excluding carboxylic acids is 5. The fraction of sp³-hybridized carbons (Fsp3) is 0.690.